The third kappa shape index (κ3) is 3.89. The summed E-state index contributed by atoms with van der Waals surface area (Å²) in [6, 6.07) is 22.5. The first-order chi connectivity index (χ1) is 16.2. The van der Waals surface area contributed by atoms with Gasteiger partial charge in [0, 0.05) is 11.8 Å². The van der Waals surface area contributed by atoms with Gasteiger partial charge in [0.2, 0.25) is 5.95 Å². The van der Waals surface area contributed by atoms with Crippen LogP contribution in [0.25, 0.3) is 28.0 Å². The number of carbonyl (C=O) groups is 1. The van der Waals surface area contributed by atoms with E-state index in [1.54, 1.807) is 43.3 Å². The van der Waals surface area contributed by atoms with Crippen molar-refractivity contribution in [1.82, 2.24) is 19.7 Å². The van der Waals surface area contributed by atoms with Gasteiger partial charge < -0.3 is 14.5 Å². The fourth-order valence-corrected chi connectivity index (χ4v) is 3.64. The van der Waals surface area contributed by atoms with Gasteiger partial charge in [0.05, 0.1) is 36.5 Å². The molecule has 0 unspecified atom stereocenters. The van der Waals surface area contributed by atoms with E-state index in [2.05, 4.69) is 15.3 Å². The Balaban J connectivity index is 1.61. The van der Waals surface area contributed by atoms with E-state index in [1.807, 2.05) is 54.6 Å². The lowest BCUT2D eigenvalue weighted by atomic mass is 10.1. The van der Waals surface area contributed by atoms with Gasteiger partial charge >= 0.3 is 0 Å². The Bertz CT molecular complexity index is 1410. The van der Waals surface area contributed by atoms with E-state index in [1.165, 1.54) is 0 Å². The van der Waals surface area contributed by atoms with Crippen molar-refractivity contribution in [1.29, 1.82) is 0 Å². The molecule has 3 aromatic carbocycles. The number of H-pyrrole nitrogens is 1. The Morgan fingerprint density at radius 3 is 2.52 bits per heavy atom. The highest BCUT2D eigenvalue weighted by atomic mass is 16.5. The average Bonchev–Trinajstić information content (AvgIpc) is 3.48. The maximum Gasteiger partial charge on any atom is 0.261 e. The lowest BCUT2D eigenvalue weighted by Gasteiger charge is -2.10. The number of anilines is 1. The Morgan fingerprint density at radius 1 is 0.970 bits per heavy atom. The molecule has 0 saturated carbocycles. The van der Waals surface area contributed by atoms with Gasteiger partial charge in [-0.2, -0.15) is 5.10 Å². The molecule has 0 fully saturated rings. The molecule has 2 aromatic heterocycles. The van der Waals surface area contributed by atoms with Crippen LogP contribution in [-0.4, -0.2) is 39.9 Å². The molecule has 0 aliphatic rings. The Kier molecular flexibility index (Phi) is 5.24. The summed E-state index contributed by atoms with van der Waals surface area (Å²) in [7, 11) is 3.16. The highest BCUT2D eigenvalue weighted by Gasteiger charge is 2.23. The summed E-state index contributed by atoms with van der Waals surface area (Å²) in [5, 5.41) is 7.59. The van der Waals surface area contributed by atoms with E-state index in [0.717, 1.165) is 16.7 Å². The second-order valence-corrected chi connectivity index (χ2v) is 7.29. The molecule has 33 heavy (non-hydrogen) atoms. The molecule has 1 amide bonds. The zero-order chi connectivity index (χ0) is 22.8. The fourth-order valence-electron chi connectivity index (χ4n) is 3.64. The molecule has 8 heteroatoms. The molecule has 5 rings (SSSR count). The number of nitrogens with zero attached hydrogens (tertiary/aromatic N) is 3. The van der Waals surface area contributed by atoms with Crippen LogP contribution in [0.4, 0.5) is 5.95 Å². The van der Waals surface area contributed by atoms with Crippen LogP contribution in [0.3, 0.4) is 0 Å². The van der Waals surface area contributed by atoms with Gasteiger partial charge in [-0.05, 0) is 42.5 Å². The number of nitrogens with one attached hydrogen (secondary N) is 2. The number of amides is 1. The SMILES string of the molecule is COc1ccc(OC)c(-c2nn(-c3ccccc3)cc2C(=O)Nc2nc3ccccc3[nH]2)c1. The Labute approximate surface area is 189 Å². The summed E-state index contributed by atoms with van der Waals surface area (Å²) in [5.41, 5.74) is 3.89. The van der Waals surface area contributed by atoms with Gasteiger partial charge in [-0.15, -0.1) is 0 Å². The van der Waals surface area contributed by atoms with E-state index in [9.17, 15) is 4.79 Å². The number of aromatic nitrogens is 4. The van der Waals surface area contributed by atoms with E-state index in [4.69, 9.17) is 14.6 Å². The molecule has 8 nitrogen and oxygen atoms in total. The van der Waals surface area contributed by atoms with Gasteiger partial charge in [0.1, 0.15) is 17.2 Å². The Hall–Kier alpha value is -4.59. The molecule has 0 radical (unpaired) electrons. The highest BCUT2D eigenvalue weighted by molar-refractivity contribution is 6.08. The molecule has 164 valence electrons. The average molecular weight is 439 g/mol. The third-order valence-electron chi connectivity index (χ3n) is 5.26. The minimum atomic E-state index is -0.351. The number of para-hydroxylation sites is 3. The molecule has 0 aliphatic heterocycles. The van der Waals surface area contributed by atoms with Gasteiger partial charge in [-0.1, -0.05) is 30.3 Å². The van der Waals surface area contributed by atoms with Crippen molar-refractivity contribution in [2.75, 3.05) is 19.5 Å². The maximum absolute atomic E-state index is 13.4. The second-order valence-electron chi connectivity index (χ2n) is 7.29. The van der Waals surface area contributed by atoms with Crippen molar-refractivity contribution in [3.63, 3.8) is 0 Å². The largest absolute Gasteiger partial charge is 0.497 e. The summed E-state index contributed by atoms with van der Waals surface area (Å²) in [4.78, 5) is 21.0. The molecular formula is C25H21N5O3. The lowest BCUT2D eigenvalue weighted by molar-refractivity contribution is 0.102. The number of aromatic amines is 1. The van der Waals surface area contributed by atoms with Crippen molar-refractivity contribution in [2.45, 2.75) is 0 Å². The predicted octanol–water partition coefficient (Wildman–Crippen LogP) is 4.69. The van der Waals surface area contributed by atoms with Crippen LogP contribution >= 0.6 is 0 Å². The molecule has 0 aliphatic carbocycles. The number of hydrogen-bond acceptors (Lipinski definition) is 5. The van der Waals surface area contributed by atoms with E-state index in [-0.39, 0.29) is 5.91 Å². The second kappa shape index (κ2) is 8.51. The van der Waals surface area contributed by atoms with E-state index in [0.29, 0.717) is 34.3 Å². The summed E-state index contributed by atoms with van der Waals surface area (Å²) < 4.78 is 12.6. The van der Waals surface area contributed by atoms with E-state index < -0.39 is 0 Å². The first kappa shape index (κ1) is 20.3. The Morgan fingerprint density at radius 2 is 1.76 bits per heavy atom. The molecule has 0 saturated heterocycles. The summed E-state index contributed by atoms with van der Waals surface area (Å²) in [5.74, 6) is 1.21. The van der Waals surface area contributed by atoms with Gasteiger partial charge in [0.15, 0.2) is 0 Å². The van der Waals surface area contributed by atoms with Crippen LogP contribution in [0.2, 0.25) is 0 Å². The zero-order valence-electron chi connectivity index (χ0n) is 18.1. The van der Waals surface area contributed by atoms with Gasteiger partial charge in [-0.3, -0.25) is 10.1 Å². The lowest BCUT2D eigenvalue weighted by Crippen LogP contribution is -2.13. The summed E-state index contributed by atoms with van der Waals surface area (Å²) in [6.45, 7) is 0. The first-order valence-electron chi connectivity index (χ1n) is 10.3. The first-order valence-corrected chi connectivity index (χ1v) is 10.3. The standard InChI is InChI=1S/C25H21N5O3/c1-32-17-12-13-22(33-2)18(14-17)23-19(15-30(29-23)16-8-4-3-5-9-16)24(31)28-25-26-20-10-6-7-11-21(20)27-25/h3-15H,1-2H3,(H2,26,27,28,31). The minimum Gasteiger partial charge on any atom is -0.497 e. The minimum absolute atomic E-state index is 0.351. The quantitative estimate of drug-likeness (QED) is 0.400. The monoisotopic (exact) mass is 439 g/mol. The normalized spacial score (nSPS) is 10.8. The molecule has 5 aromatic rings. The number of ether oxygens (including phenoxy) is 2. The van der Waals surface area contributed by atoms with Crippen molar-refractivity contribution in [3.05, 3.63) is 84.6 Å². The maximum atomic E-state index is 13.4. The molecule has 0 spiro atoms. The van der Waals surface area contributed by atoms with Crippen LogP contribution in [0.5, 0.6) is 11.5 Å². The van der Waals surface area contributed by atoms with Crippen molar-refractivity contribution in [2.24, 2.45) is 0 Å². The fraction of sp³-hybridized carbons (Fsp3) is 0.0800. The van der Waals surface area contributed by atoms with Crippen LogP contribution < -0.4 is 14.8 Å². The molecule has 0 atom stereocenters. The summed E-state index contributed by atoms with van der Waals surface area (Å²) >= 11 is 0. The number of hydrogen-bond donors (Lipinski definition) is 2. The van der Waals surface area contributed by atoms with Crippen molar-refractivity contribution < 1.29 is 14.3 Å². The highest BCUT2D eigenvalue weighted by Crippen LogP contribution is 2.35. The topological polar surface area (TPSA) is 94.1 Å². The third-order valence-corrected chi connectivity index (χ3v) is 5.26. The summed E-state index contributed by atoms with van der Waals surface area (Å²) in [6.07, 6.45) is 1.70. The number of imidazole rings is 1. The zero-order valence-corrected chi connectivity index (χ0v) is 18.1. The number of fused-ring (bicyclic) bond motifs is 1. The van der Waals surface area contributed by atoms with Crippen LogP contribution in [-0.2, 0) is 0 Å². The van der Waals surface area contributed by atoms with Crippen molar-refractivity contribution in [3.8, 4) is 28.4 Å². The number of carbonyl (C=O) groups excluding carboxylic acids is 1. The van der Waals surface area contributed by atoms with Crippen LogP contribution in [0.15, 0.2) is 79.0 Å². The van der Waals surface area contributed by atoms with Gasteiger partial charge in [-0.25, -0.2) is 9.67 Å². The van der Waals surface area contributed by atoms with Crippen molar-refractivity contribution >= 4 is 22.9 Å². The van der Waals surface area contributed by atoms with Gasteiger partial charge in [0.25, 0.3) is 5.91 Å². The van der Waals surface area contributed by atoms with Crippen LogP contribution in [0.1, 0.15) is 10.4 Å². The predicted molar refractivity (Wildman–Crippen MR) is 126 cm³/mol. The van der Waals surface area contributed by atoms with Crippen LogP contribution in [0, 0.1) is 0 Å². The molecular weight excluding hydrogens is 418 g/mol. The smallest absolute Gasteiger partial charge is 0.261 e. The van der Waals surface area contributed by atoms with E-state index >= 15 is 0 Å². The molecule has 2 N–H and O–H groups in total. The number of methoxy groups -OCH3 is 2. The molecule has 2 heterocycles. The number of benzene rings is 3. The number of rotatable bonds is 6. The molecule has 0 bridgehead atoms.